The highest BCUT2D eigenvalue weighted by atomic mass is 19.4. The summed E-state index contributed by atoms with van der Waals surface area (Å²) in [6, 6.07) is 5.95. The number of amides is 1. The summed E-state index contributed by atoms with van der Waals surface area (Å²) in [4.78, 5) is 26.4. The number of aromatic nitrogens is 4. The summed E-state index contributed by atoms with van der Waals surface area (Å²) < 4.78 is 64.1. The van der Waals surface area contributed by atoms with Gasteiger partial charge in [0, 0.05) is 19.1 Å². The summed E-state index contributed by atoms with van der Waals surface area (Å²) in [5.41, 5.74) is -3.07. The molecule has 4 rings (SSSR count). The minimum Gasteiger partial charge on any atom is -0.497 e. The number of benzene rings is 1. The first-order chi connectivity index (χ1) is 19.7. The second-order valence-corrected chi connectivity index (χ2v) is 10.9. The van der Waals surface area contributed by atoms with Gasteiger partial charge in [-0.25, -0.2) is 9.48 Å². The average molecular weight is 595 g/mol. The van der Waals surface area contributed by atoms with Gasteiger partial charge in [-0.05, 0) is 45.4 Å². The number of halogens is 3. The van der Waals surface area contributed by atoms with Gasteiger partial charge >= 0.3 is 12.3 Å². The molecule has 1 aliphatic rings. The van der Waals surface area contributed by atoms with Crippen LogP contribution in [-0.4, -0.2) is 69.4 Å². The van der Waals surface area contributed by atoms with Crippen molar-refractivity contribution in [2.24, 2.45) is 0 Å². The van der Waals surface area contributed by atoms with E-state index in [1.807, 2.05) is 0 Å². The number of rotatable bonds is 10. The zero-order chi connectivity index (χ0) is 30.7. The summed E-state index contributed by atoms with van der Waals surface area (Å²) in [6.07, 6.45) is -4.35. The van der Waals surface area contributed by atoms with Crippen LogP contribution in [0.15, 0.2) is 39.7 Å². The number of carbonyl (C=O) groups is 1. The minimum atomic E-state index is -4.91. The molecule has 1 unspecified atom stereocenters. The van der Waals surface area contributed by atoms with Crippen LogP contribution in [0, 0.1) is 0 Å². The topological polar surface area (TPSA) is 134 Å². The molecule has 0 spiro atoms. The molecule has 1 fully saturated rings. The maximum atomic E-state index is 13.9. The first kappa shape index (κ1) is 30.8. The van der Waals surface area contributed by atoms with E-state index in [2.05, 4.69) is 20.6 Å². The van der Waals surface area contributed by atoms with Gasteiger partial charge in [0.05, 0.1) is 38.1 Å². The van der Waals surface area contributed by atoms with Crippen LogP contribution in [0.25, 0.3) is 0 Å². The van der Waals surface area contributed by atoms with E-state index in [0.717, 1.165) is 10.9 Å². The Morgan fingerprint density at radius 1 is 1.17 bits per heavy atom. The number of carbonyl (C=O) groups excluding carboxylic acids is 1. The zero-order valence-corrected chi connectivity index (χ0v) is 23.9. The van der Waals surface area contributed by atoms with Crippen LogP contribution in [0.4, 0.5) is 23.7 Å². The molecule has 1 aromatic carbocycles. The molecule has 42 heavy (non-hydrogen) atoms. The predicted molar refractivity (Wildman–Crippen MR) is 143 cm³/mol. The Balaban J connectivity index is 1.30. The quantitative estimate of drug-likeness (QED) is 0.366. The molecule has 0 saturated carbocycles. The normalized spacial score (nSPS) is 14.8. The number of alkyl halides is 3. The Morgan fingerprint density at radius 2 is 1.86 bits per heavy atom. The van der Waals surface area contributed by atoms with Gasteiger partial charge < -0.3 is 28.8 Å². The fourth-order valence-corrected chi connectivity index (χ4v) is 4.12. The van der Waals surface area contributed by atoms with Gasteiger partial charge in [0.15, 0.2) is 0 Å². The summed E-state index contributed by atoms with van der Waals surface area (Å²) in [6.45, 7) is 7.48. The second-order valence-electron chi connectivity index (χ2n) is 10.9. The third-order valence-corrected chi connectivity index (χ3v) is 6.18. The van der Waals surface area contributed by atoms with E-state index in [1.54, 1.807) is 52.0 Å². The highest BCUT2D eigenvalue weighted by Gasteiger charge is 2.39. The van der Waals surface area contributed by atoms with Crippen molar-refractivity contribution in [2.75, 3.05) is 32.1 Å². The van der Waals surface area contributed by atoms with E-state index in [0.29, 0.717) is 30.3 Å². The highest BCUT2D eigenvalue weighted by Crippen LogP contribution is 2.32. The van der Waals surface area contributed by atoms with E-state index >= 15 is 0 Å². The van der Waals surface area contributed by atoms with Gasteiger partial charge in [0.25, 0.3) is 5.56 Å². The van der Waals surface area contributed by atoms with Crippen LogP contribution in [-0.2, 0) is 28.8 Å². The summed E-state index contributed by atoms with van der Waals surface area (Å²) in [7, 11) is 1.49. The Kier molecular flexibility index (Phi) is 9.09. The van der Waals surface area contributed by atoms with Gasteiger partial charge in [-0.2, -0.15) is 18.3 Å². The SMILES string of the molecule is COc1ccc(Cn2ncc(NC(C)COCc3nnc(C4CN(C(=O)OC(C)(C)C)C4)o3)c(C(F)(F)F)c2=O)cc1. The molecule has 1 saturated heterocycles. The molecule has 12 nitrogen and oxygen atoms in total. The number of methoxy groups -OCH3 is 1. The monoisotopic (exact) mass is 594 g/mol. The van der Waals surface area contributed by atoms with Crippen molar-refractivity contribution in [3.63, 3.8) is 0 Å². The molecule has 1 atom stereocenters. The van der Waals surface area contributed by atoms with Crippen LogP contribution in [0.1, 0.15) is 56.5 Å². The molecule has 0 bridgehead atoms. The number of likely N-dealkylation sites (tertiary alicyclic amines) is 1. The average Bonchev–Trinajstić information content (AvgIpc) is 3.31. The lowest BCUT2D eigenvalue weighted by molar-refractivity contribution is -0.138. The van der Waals surface area contributed by atoms with Crippen molar-refractivity contribution in [2.45, 2.75) is 64.6 Å². The van der Waals surface area contributed by atoms with E-state index < -0.39 is 40.7 Å². The van der Waals surface area contributed by atoms with E-state index in [1.165, 1.54) is 12.0 Å². The van der Waals surface area contributed by atoms with E-state index in [-0.39, 0.29) is 31.6 Å². The van der Waals surface area contributed by atoms with Crippen molar-refractivity contribution in [1.82, 2.24) is 24.9 Å². The van der Waals surface area contributed by atoms with Gasteiger partial charge in [-0.3, -0.25) is 4.79 Å². The van der Waals surface area contributed by atoms with Gasteiger partial charge in [-0.1, -0.05) is 12.1 Å². The molecule has 2 aromatic heterocycles. The Bertz CT molecular complexity index is 1430. The van der Waals surface area contributed by atoms with Crippen molar-refractivity contribution in [1.29, 1.82) is 0 Å². The molecule has 15 heteroatoms. The first-order valence-corrected chi connectivity index (χ1v) is 13.2. The summed E-state index contributed by atoms with van der Waals surface area (Å²) in [5.74, 6) is 0.997. The third-order valence-electron chi connectivity index (χ3n) is 6.18. The number of nitrogens with one attached hydrogen (secondary N) is 1. The maximum absolute atomic E-state index is 13.9. The number of anilines is 1. The van der Waals surface area contributed by atoms with Gasteiger partial charge in [0.2, 0.25) is 11.8 Å². The first-order valence-electron chi connectivity index (χ1n) is 13.2. The van der Waals surface area contributed by atoms with Crippen LogP contribution < -0.4 is 15.6 Å². The number of ether oxygens (including phenoxy) is 3. The predicted octanol–water partition coefficient (Wildman–Crippen LogP) is 4.05. The molecular weight excluding hydrogens is 561 g/mol. The maximum Gasteiger partial charge on any atom is 0.423 e. The summed E-state index contributed by atoms with van der Waals surface area (Å²) >= 11 is 0. The largest absolute Gasteiger partial charge is 0.497 e. The zero-order valence-electron chi connectivity index (χ0n) is 23.9. The lowest BCUT2D eigenvalue weighted by Gasteiger charge is -2.37. The molecule has 0 radical (unpaired) electrons. The Hall–Kier alpha value is -4.14. The molecular formula is C27H33F3N6O6. The van der Waals surface area contributed by atoms with Crippen LogP contribution in [0.2, 0.25) is 0 Å². The molecule has 1 amide bonds. The summed E-state index contributed by atoms with van der Waals surface area (Å²) in [5, 5.41) is 14.5. The number of hydrogen-bond acceptors (Lipinski definition) is 10. The third kappa shape index (κ3) is 7.78. The molecule has 0 aliphatic carbocycles. The van der Waals surface area contributed by atoms with Crippen LogP contribution in [0.5, 0.6) is 5.75 Å². The van der Waals surface area contributed by atoms with Crippen LogP contribution >= 0.6 is 0 Å². The van der Waals surface area contributed by atoms with Crippen molar-refractivity contribution in [3.05, 3.63) is 63.7 Å². The molecule has 1 aliphatic heterocycles. The Labute approximate surface area is 239 Å². The molecule has 3 heterocycles. The van der Waals surface area contributed by atoms with E-state index in [4.69, 9.17) is 18.6 Å². The highest BCUT2D eigenvalue weighted by molar-refractivity contribution is 5.69. The van der Waals surface area contributed by atoms with Crippen LogP contribution in [0.3, 0.4) is 0 Å². The molecule has 228 valence electrons. The van der Waals surface area contributed by atoms with Gasteiger partial charge in [0.1, 0.15) is 23.5 Å². The van der Waals surface area contributed by atoms with E-state index in [9.17, 15) is 22.8 Å². The number of hydrogen-bond donors (Lipinski definition) is 1. The van der Waals surface area contributed by atoms with Crippen molar-refractivity contribution >= 4 is 11.8 Å². The lowest BCUT2D eigenvalue weighted by atomic mass is 10.0. The fourth-order valence-electron chi connectivity index (χ4n) is 4.12. The van der Waals surface area contributed by atoms with Crippen molar-refractivity contribution in [3.8, 4) is 5.75 Å². The van der Waals surface area contributed by atoms with Gasteiger partial charge in [-0.15, -0.1) is 10.2 Å². The standard InChI is InChI=1S/C27H33F3N6O6/c1-16(14-40-15-21-33-34-23(41-21)18-12-35(13-18)25(38)42-26(2,3)4)32-20-10-31-36(24(37)22(20)27(28,29)30)11-17-6-8-19(39-5)9-7-17/h6-10,16,18,32H,11-15H2,1-5H3. The Morgan fingerprint density at radius 3 is 2.48 bits per heavy atom. The molecule has 1 N–H and O–H groups in total. The minimum absolute atomic E-state index is 0.0280. The van der Waals surface area contributed by atoms with Crippen molar-refractivity contribution < 1.29 is 36.6 Å². The lowest BCUT2D eigenvalue weighted by Crippen LogP contribution is -2.50. The second kappa shape index (κ2) is 12.4. The number of nitrogens with zero attached hydrogens (tertiary/aromatic N) is 5. The smallest absolute Gasteiger partial charge is 0.423 e. The molecule has 3 aromatic rings. The fraction of sp³-hybridized carbons (Fsp3) is 0.519.